The summed E-state index contributed by atoms with van der Waals surface area (Å²) in [5.74, 6) is 1.57. The molecule has 0 amide bonds. The number of nitrogens with zero attached hydrogens (tertiary/aromatic N) is 4. The van der Waals surface area contributed by atoms with Crippen LogP contribution in [0.4, 0.5) is 0 Å². The molecule has 126 valence electrons. The summed E-state index contributed by atoms with van der Waals surface area (Å²) in [6, 6.07) is 5.52. The largest absolute Gasteiger partial charge is 0.339 e. The van der Waals surface area contributed by atoms with Crippen molar-refractivity contribution < 1.29 is 4.52 Å². The van der Waals surface area contributed by atoms with E-state index in [2.05, 4.69) is 25.1 Å². The van der Waals surface area contributed by atoms with Gasteiger partial charge in [-0.05, 0) is 31.5 Å². The van der Waals surface area contributed by atoms with Crippen LogP contribution in [-0.4, -0.2) is 25.1 Å². The molecule has 1 N–H and O–H groups in total. The number of H-pyrrole nitrogens is 1. The summed E-state index contributed by atoms with van der Waals surface area (Å²) in [7, 11) is 0. The molecule has 0 fully saturated rings. The third-order valence-corrected chi connectivity index (χ3v) is 5.13. The van der Waals surface area contributed by atoms with Crippen molar-refractivity contribution in [3.05, 3.63) is 56.9 Å². The molecule has 0 atom stereocenters. The van der Waals surface area contributed by atoms with Gasteiger partial charge in [-0.25, -0.2) is 4.98 Å². The highest BCUT2D eigenvalue weighted by Crippen LogP contribution is 2.25. The van der Waals surface area contributed by atoms with E-state index in [1.54, 1.807) is 6.20 Å². The van der Waals surface area contributed by atoms with Gasteiger partial charge in [0.2, 0.25) is 11.7 Å². The Morgan fingerprint density at radius 3 is 2.88 bits per heavy atom. The van der Waals surface area contributed by atoms with Gasteiger partial charge in [0.15, 0.2) is 0 Å². The monoisotopic (exact) mass is 353 g/mol. The molecule has 7 nitrogen and oxygen atoms in total. The number of pyridine rings is 1. The normalized spacial score (nSPS) is 11.3. The van der Waals surface area contributed by atoms with Gasteiger partial charge in [-0.2, -0.15) is 4.98 Å². The molecule has 25 heavy (non-hydrogen) atoms. The van der Waals surface area contributed by atoms with Gasteiger partial charge < -0.3 is 9.51 Å². The third kappa shape index (κ3) is 2.96. The maximum absolute atomic E-state index is 12.3. The van der Waals surface area contributed by atoms with Gasteiger partial charge in [0.05, 0.1) is 5.39 Å². The number of fused-ring (bicyclic) bond motifs is 1. The highest BCUT2D eigenvalue weighted by Gasteiger charge is 2.13. The molecule has 4 aromatic heterocycles. The van der Waals surface area contributed by atoms with Gasteiger partial charge in [-0.15, -0.1) is 11.3 Å². The minimum Gasteiger partial charge on any atom is -0.339 e. The molecular weight excluding hydrogens is 338 g/mol. The average molecular weight is 353 g/mol. The molecule has 8 heteroatoms. The van der Waals surface area contributed by atoms with E-state index in [0.29, 0.717) is 41.5 Å². The van der Waals surface area contributed by atoms with Crippen LogP contribution in [0.3, 0.4) is 0 Å². The smallest absolute Gasteiger partial charge is 0.259 e. The topological polar surface area (TPSA) is 97.6 Å². The summed E-state index contributed by atoms with van der Waals surface area (Å²) >= 11 is 1.54. The minimum absolute atomic E-state index is 0.0958. The van der Waals surface area contributed by atoms with Gasteiger partial charge in [-0.1, -0.05) is 11.2 Å². The molecule has 0 unspecified atom stereocenters. The molecule has 0 aliphatic carbocycles. The first-order valence-electron chi connectivity index (χ1n) is 7.84. The Kier molecular flexibility index (Phi) is 3.89. The Hall–Kier alpha value is -2.87. The van der Waals surface area contributed by atoms with E-state index in [1.165, 1.54) is 11.3 Å². The Morgan fingerprint density at radius 1 is 1.20 bits per heavy atom. The summed E-state index contributed by atoms with van der Waals surface area (Å²) in [4.78, 5) is 30.1. The van der Waals surface area contributed by atoms with Gasteiger partial charge in [0.1, 0.15) is 16.3 Å². The second-order valence-electron chi connectivity index (χ2n) is 5.70. The molecule has 0 saturated heterocycles. The quantitative estimate of drug-likeness (QED) is 0.606. The van der Waals surface area contributed by atoms with Gasteiger partial charge >= 0.3 is 0 Å². The van der Waals surface area contributed by atoms with Crippen LogP contribution in [0.5, 0.6) is 0 Å². The SMILES string of the molecule is Cc1sc2nc(CCc3nc(-c4ccccn4)no3)[nH]c(=O)c2c1C. The molecule has 0 aliphatic heterocycles. The van der Waals surface area contributed by atoms with Crippen LogP contribution in [0, 0.1) is 13.8 Å². The Balaban J connectivity index is 1.55. The summed E-state index contributed by atoms with van der Waals surface area (Å²) in [5.41, 5.74) is 1.56. The van der Waals surface area contributed by atoms with Crippen molar-refractivity contribution in [3.63, 3.8) is 0 Å². The van der Waals surface area contributed by atoms with E-state index >= 15 is 0 Å². The third-order valence-electron chi connectivity index (χ3n) is 4.03. The van der Waals surface area contributed by atoms with E-state index < -0.39 is 0 Å². The van der Waals surface area contributed by atoms with Crippen molar-refractivity contribution in [1.29, 1.82) is 0 Å². The van der Waals surface area contributed by atoms with Crippen LogP contribution in [0.25, 0.3) is 21.7 Å². The first-order chi connectivity index (χ1) is 12.1. The molecule has 0 spiro atoms. The van der Waals surface area contributed by atoms with Crippen LogP contribution >= 0.6 is 11.3 Å². The molecule has 0 bridgehead atoms. The molecule has 0 radical (unpaired) electrons. The summed E-state index contributed by atoms with van der Waals surface area (Å²) in [5, 5.41) is 4.62. The molecule has 4 aromatic rings. The standard InChI is InChI=1S/C17H15N5O2S/c1-9-10(2)25-17-14(9)16(23)19-12(20-17)6-7-13-21-15(22-24-13)11-5-3-4-8-18-11/h3-5,8H,6-7H2,1-2H3,(H,19,20,23). The van der Waals surface area contributed by atoms with E-state index in [1.807, 2.05) is 32.0 Å². The van der Waals surface area contributed by atoms with Crippen LogP contribution in [0.15, 0.2) is 33.7 Å². The number of rotatable bonds is 4. The molecule has 0 saturated carbocycles. The fourth-order valence-electron chi connectivity index (χ4n) is 2.60. The zero-order chi connectivity index (χ0) is 17.4. The summed E-state index contributed by atoms with van der Waals surface area (Å²) in [6.07, 6.45) is 2.70. The molecule has 4 rings (SSSR count). The fourth-order valence-corrected chi connectivity index (χ4v) is 3.65. The average Bonchev–Trinajstić information content (AvgIpc) is 3.19. The van der Waals surface area contributed by atoms with Gasteiger partial charge in [0, 0.05) is 23.9 Å². The predicted octanol–water partition coefficient (Wildman–Crippen LogP) is 2.83. The lowest BCUT2D eigenvalue weighted by Crippen LogP contribution is -2.12. The highest BCUT2D eigenvalue weighted by molar-refractivity contribution is 7.18. The van der Waals surface area contributed by atoms with Crippen molar-refractivity contribution >= 4 is 21.6 Å². The van der Waals surface area contributed by atoms with Crippen molar-refractivity contribution in [3.8, 4) is 11.5 Å². The first kappa shape index (κ1) is 15.6. The number of nitrogens with one attached hydrogen (secondary N) is 1. The minimum atomic E-state index is -0.0958. The van der Waals surface area contributed by atoms with Gasteiger partial charge in [0.25, 0.3) is 5.56 Å². The lowest BCUT2D eigenvalue weighted by Gasteiger charge is -1.98. The van der Waals surface area contributed by atoms with Crippen molar-refractivity contribution in [1.82, 2.24) is 25.1 Å². The maximum atomic E-state index is 12.3. The maximum Gasteiger partial charge on any atom is 0.259 e. The van der Waals surface area contributed by atoms with E-state index in [0.717, 1.165) is 15.3 Å². The van der Waals surface area contributed by atoms with E-state index in [4.69, 9.17) is 4.52 Å². The number of hydrogen-bond donors (Lipinski definition) is 1. The number of thiophene rings is 1. The second kappa shape index (κ2) is 6.21. The zero-order valence-electron chi connectivity index (χ0n) is 13.7. The first-order valence-corrected chi connectivity index (χ1v) is 8.66. The molecule has 0 aromatic carbocycles. The summed E-state index contributed by atoms with van der Waals surface area (Å²) in [6.45, 7) is 3.95. The predicted molar refractivity (Wildman–Crippen MR) is 94.7 cm³/mol. The fraction of sp³-hybridized carbons (Fsp3) is 0.235. The van der Waals surface area contributed by atoms with Crippen LogP contribution in [0.1, 0.15) is 22.2 Å². The van der Waals surface area contributed by atoms with Crippen molar-refractivity contribution in [2.24, 2.45) is 0 Å². The molecular formula is C17H15N5O2S. The number of aromatic nitrogens is 5. The number of aryl methyl sites for hydroxylation is 4. The Labute approximate surface area is 146 Å². The Bertz CT molecular complexity index is 1100. The van der Waals surface area contributed by atoms with E-state index in [9.17, 15) is 4.79 Å². The highest BCUT2D eigenvalue weighted by atomic mass is 32.1. The Morgan fingerprint density at radius 2 is 2.08 bits per heavy atom. The molecule has 4 heterocycles. The second-order valence-corrected chi connectivity index (χ2v) is 6.91. The van der Waals surface area contributed by atoms with Crippen LogP contribution in [-0.2, 0) is 12.8 Å². The zero-order valence-corrected chi connectivity index (χ0v) is 14.6. The lowest BCUT2D eigenvalue weighted by atomic mass is 10.2. The number of hydrogen-bond acceptors (Lipinski definition) is 7. The number of aromatic amines is 1. The van der Waals surface area contributed by atoms with Crippen molar-refractivity contribution in [2.45, 2.75) is 26.7 Å². The van der Waals surface area contributed by atoms with Crippen molar-refractivity contribution in [2.75, 3.05) is 0 Å². The molecule has 0 aliphatic rings. The van der Waals surface area contributed by atoms with Gasteiger partial charge in [-0.3, -0.25) is 9.78 Å². The summed E-state index contributed by atoms with van der Waals surface area (Å²) < 4.78 is 5.26. The van der Waals surface area contributed by atoms with E-state index in [-0.39, 0.29) is 5.56 Å². The lowest BCUT2D eigenvalue weighted by molar-refractivity contribution is 0.378. The van der Waals surface area contributed by atoms with Crippen LogP contribution in [0.2, 0.25) is 0 Å². The van der Waals surface area contributed by atoms with Crippen LogP contribution < -0.4 is 5.56 Å².